The Morgan fingerprint density at radius 2 is 2.17 bits per heavy atom. The van der Waals surface area contributed by atoms with Gasteiger partial charge in [0.2, 0.25) is 5.91 Å². The average Bonchev–Trinajstić information content (AvgIpc) is 2.24. The second-order valence-electron chi connectivity index (χ2n) is 5.91. The van der Waals surface area contributed by atoms with Gasteiger partial charge in [0.1, 0.15) is 5.82 Å². The molecule has 0 saturated carbocycles. The average molecular weight is 249 g/mol. The summed E-state index contributed by atoms with van der Waals surface area (Å²) in [6.07, 6.45) is 2.45. The number of hydrogen-bond donors (Lipinski definition) is 2. The first-order valence-electron chi connectivity index (χ1n) is 6.25. The molecule has 1 unspecified atom stereocenters. The summed E-state index contributed by atoms with van der Waals surface area (Å²) in [5, 5.41) is 2.83. The number of nitrogens with zero attached hydrogens (tertiary/aromatic N) is 1. The summed E-state index contributed by atoms with van der Waals surface area (Å²) in [6, 6.07) is 3.74. The van der Waals surface area contributed by atoms with Crippen molar-refractivity contribution in [3.05, 3.63) is 23.9 Å². The van der Waals surface area contributed by atoms with Crippen LogP contribution in [0.15, 0.2) is 18.3 Å². The summed E-state index contributed by atoms with van der Waals surface area (Å²) in [7, 11) is 0. The van der Waals surface area contributed by atoms with Gasteiger partial charge in [-0.15, -0.1) is 0 Å². The van der Waals surface area contributed by atoms with E-state index in [4.69, 9.17) is 5.73 Å². The van der Waals surface area contributed by atoms with Gasteiger partial charge in [0.25, 0.3) is 0 Å². The fourth-order valence-corrected chi connectivity index (χ4v) is 1.86. The zero-order valence-corrected chi connectivity index (χ0v) is 11.7. The Morgan fingerprint density at radius 1 is 1.50 bits per heavy atom. The molecular formula is C14H23N3O. The Balaban J connectivity index is 2.68. The van der Waals surface area contributed by atoms with Crippen molar-refractivity contribution < 1.29 is 4.79 Å². The first kappa shape index (κ1) is 14.6. The van der Waals surface area contributed by atoms with E-state index in [0.29, 0.717) is 12.4 Å². The van der Waals surface area contributed by atoms with Crippen molar-refractivity contribution in [3.63, 3.8) is 0 Å². The normalized spacial score (nSPS) is 13.2. The van der Waals surface area contributed by atoms with Crippen LogP contribution in [0.2, 0.25) is 0 Å². The predicted molar refractivity (Wildman–Crippen MR) is 74.2 cm³/mol. The van der Waals surface area contributed by atoms with Gasteiger partial charge in [-0.1, -0.05) is 20.8 Å². The van der Waals surface area contributed by atoms with E-state index in [1.165, 1.54) is 0 Å². The highest BCUT2D eigenvalue weighted by atomic mass is 16.1. The molecule has 0 aliphatic heterocycles. The summed E-state index contributed by atoms with van der Waals surface area (Å²) >= 11 is 0. The number of carbonyl (C=O) groups is 1. The van der Waals surface area contributed by atoms with Crippen molar-refractivity contribution >= 4 is 11.7 Å². The smallest absolute Gasteiger partial charge is 0.229 e. The van der Waals surface area contributed by atoms with Crippen molar-refractivity contribution in [1.82, 2.24) is 4.98 Å². The topological polar surface area (TPSA) is 68.0 Å². The third-order valence-corrected chi connectivity index (χ3v) is 2.68. The van der Waals surface area contributed by atoms with Crippen molar-refractivity contribution in [2.24, 2.45) is 17.1 Å². The summed E-state index contributed by atoms with van der Waals surface area (Å²) in [5.74, 6) is 0.366. The maximum Gasteiger partial charge on any atom is 0.229 e. The molecule has 1 heterocycles. The Kier molecular flexibility index (Phi) is 4.84. The Morgan fingerprint density at radius 3 is 2.67 bits per heavy atom. The number of hydrogen-bond acceptors (Lipinski definition) is 3. The number of amides is 1. The monoisotopic (exact) mass is 249 g/mol. The largest absolute Gasteiger partial charge is 0.330 e. The molecule has 1 aromatic rings. The maximum atomic E-state index is 12.1. The molecule has 4 heteroatoms. The van der Waals surface area contributed by atoms with Gasteiger partial charge in [0.05, 0.1) is 5.92 Å². The van der Waals surface area contributed by atoms with Gasteiger partial charge >= 0.3 is 0 Å². The van der Waals surface area contributed by atoms with E-state index in [-0.39, 0.29) is 17.2 Å². The highest BCUT2D eigenvalue weighted by molar-refractivity contribution is 5.91. The summed E-state index contributed by atoms with van der Waals surface area (Å²) < 4.78 is 0. The zero-order valence-electron chi connectivity index (χ0n) is 11.7. The van der Waals surface area contributed by atoms with Crippen LogP contribution < -0.4 is 11.1 Å². The summed E-state index contributed by atoms with van der Waals surface area (Å²) in [6.45, 7) is 8.64. The van der Waals surface area contributed by atoms with E-state index in [9.17, 15) is 4.79 Å². The van der Waals surface area contributed by atoms with Crippen molar-refractivity contribution in [1.29, 1.82) is 0 Å². The number of nitrogens with two attached hydrogens (primary N) is 1. The minimum atomic E-state index is -0.174. The van der Waals surface area contributed by atoms with E-state index in [2.05, 4.69) is 31.1 Å². The third kappa shape index (κ3) is 4.84. The van der Waals surface area contributed by atoms with Gasteiger partial charge in [-0.2, -0.15) is 0 Å². The van der Waals surface area contributed by atoms with Gasteiger partial charge in [0, 0.05) is 12.7 Å². The van der Waals surface area contributed by atoms with Crippen LogP contribution in [0, 0.1) is 18.3 Å². The number of aromatic nitrogens is 1. The molecule has 18 heavy (non-hydrogen) atoms. The fraction of sp³-hybridized carbons (Fsp3) is 0.571. The van der Waals surface area contributed by atoms with Gasteiger partial charge in [0.15, 0.2) is 0 Å². The molecule has 4 nitrogen and oxygen atoms in total. The SMILES string of the molecule is Cc1ccnc(NC(=O)C(CN)CC(C)(C)C)c1. The number of pyridine rings is 1. The van der Waals surface area contributed by atoms with E-state index in [1.807, 2.05) is 19.1 Å². The zero-order chi connectivity index (χ0) is 13.8. The summed E-state index contributed by atoms with van der Waals surface area (Å²) in [5.41, 5.74) is 6.84. The second-order valence-corrected chi connectivity index (χ2v) is 5.91. The van der Waals surface area contributed by atoms with Crippen molar-refractivity contribution in [3.8, 4) is 0 Å². The van der Waals surface area contributed by atoms with E-state index < -0.39 is 0 Å². The standard InChI is InChI=1S/C14H23N3O/c1-10-5-6-16-12(7-10)17-13(18)11(9-15)8-14(2,3)4/h5-7,11H,8-9,15H2,1-4H3,(H,16,17,18). The highest BCUT2D eigenvalue weighted by Crippen LogP contribution is 2.24. The third-order valence-electron chi connectivity index (χ3n) is 2.68. The lowest BCUT2D eigenvalue weighted by atomic mass is 9.84. The number of rotatable bonds is 4. The lowest BCUT2D eigenvalue weighted by Crippen LogP contribution is -2.32. The molecule has 0 aliphatic rings. The summed E-state index contributed by atoms with van der Waals surface area (Å²) in [4.78, 5) is 16.2. The first-order valence-corrected chi connectivity index (χ1v) is 6.25. The van der Waals surface area contributed by atoms with Crippen molar-refractivity contribution in [2.45, 2.75) is 34.1 Å². The lowest BCUT2D eigenvalue weighted by Gasteiger charge is -2.24. The van der Waals surface area contributed by atoms with E-state index in [1.54, 1.807) is 6.20 Å². The van der Waals surface area contributed by atoms with E-state index >= 15 is 0 Å². The molecule has 1 amide bonds. The predicted octanol–water partition coefficient (Wildman–Crippen LogP) is 2.34. The van der Waals surface area contributed by atoms with E-state index in [0.717, 1.165) is 12.0 Å². The minimum absolute atomic E-state index is 0.0504. The molecule has 0 spiro atoms. The molecule has 3 N–H and O–H groups in total. The van der Waals surface area contributed by atoms with Gasteiger partial charge in [-0.3, -0.25) is 4.79 Å². The second kappa shape index (κ2) is 5.96. The molecule has 0 radical (unpaired) electrons. The number of aryl methyl sites for hydroxylation is 1. The Labute approximate surface area is 109 Å². The van der Waals surface area contributed by atoms with Crippen LogP contribution in [-0.2, 0) is 4.79 Å². The van der Waals surface area contributed by atoms with Crippen LogP contribution in [0.3, 0.4) is 0 Å². The van der Waals surface area contributed by atoms with Crippen LogP contribution in [0.25, 0.3) is 0 Å². The molecule has 0 fully saturated rings. The highest BCUT2D eigenvalue weighted by Gasteiger charge is 2.23. The number of anilines is 1. The molecule has 1 aromatic heterocycles. The minimum Gasteiger partial charge on any atom is -0.330 e. The van der Waals surface area contributed by atoms with Gasteiger partial charge in [-0.25, -0.2) is 4.98 Å². The Bertz CT molecular complexity index is 410. The van der Waals surface area contributed by atoms with Crippen LogP contribution in [0.4, 0.5) is 5.82 Å². The van der Waals surface area contributed by atoms with Crippen LogP contribution >= 0.6 is 0 Å². The van der Waals surface area contributed by atoms with Crippen molar-refractivity contribution in [2.75, 3.05) is 11.9 Å². The molecule has 0 aromatic carbocycles. The van der Waals surface area contributed by atoms with Gasteiger partial charge < -0.3 is 11.1 Å². The Hall–Kier alpha value is -1.42. The van der Waals surface area contributed by atoms with Crippen LogP contribution in [-0.4, -0.2) is 17.4 Å². The number of carbonyl (C=O) groups excluding carboxylic acids is 1. The van der Waals surface area contributed by atoms with Gasteiger partial charge in [-0.05, 0) is 36.5 Å². The molecular weight excluding hydrogens is 226 g/mol. The fourth-order valence-electron chi connectivity index (χ4n) is 1.86. The lowest BCUT2D eigenvalue weighted by molar-refractivity contribution is -0.120. The van der Waals surface area contributed by atoms with Crippen LogP contribution in [0.1, 0.15) is 32.8 Å². The quantitative estimate of drug-likeness (QED) is 0.860. The molecule has 0 saturated heterocycles. The van der Waals surface area contributed by atoms with Crippen LogP contribution in [0.5, 0.6) is 0 Å². The molecule has 1 rings (SSSR count). The number of nitrogens with one attached hydrogen (secondary N) is 1. The first-order chi connectivity index (χ1) is 8.31. The maximum absolute atomic E-state index is 12.1. The molecule has 100 valence electrons. The molecule has 1 atom stereocenters. The molecule has 0 aliphatic carbocycles. The molecule has 0 bridgehead atoms.